The molecule has 0 spiro atoms. The lowest BCUT2D eigenvalue weighted by Gasteiger charge is -2.03. The van der Waals surface area contributed by atoms with Crippen LogP contribution in [0.1, 0.15) is 10.6 Å². The van der Waals surface area contributed by atoms with Crippen LogP contribution in [0.3, 0.4) is 0 Å². The zero-order valence-electron chi connectivity index (χ0n) is 14.2. The molecule has 1 amide bonds. The van der Waals surface area contributed by atoms with Crippen molar-refractivity contribution >= 4 is 28.1 Å². The first-order chi connectivity index (χ1) is 13.1. The number of hydrogen-bond acceptors (Lipinski definition) is 7. The van der Waals surface area contributed by atoms with Crippen LogP contribution < -0.4 is 10.1 Å². The molecule has 8 nitrogen and oxygen atoms in total. The van der Waals surface area contributed by atoms with Crippen LogP contribution in [0.4, 0.5) is 10.8 Å². The molecule has 0 saturated carbocycles. The molecular formula is C18H16N4O4S. The summed E-state index contributed by atoms with van der Waals surface area (Å²) in [6.45, 7) is 0.447. The maximum Gasteiger partial charge on any atom is 0.273 e. The molecule has 0 saturated heterocycles. The minimum absolute atomic E-state index is 0.0799. The van der Waals surface area contributed by atoms with E-state index in [1.54, 1.807) is 18.2 Å². The monoisotopic (exact) mass is 384 g/mol. The summed E-state index contributed by atoms with van der Waals surface area (Å²) in [7, 11) is 0. The Morgan fingerprint density at radius 3 is 2.63 bits per heavy atom. The van der Waals surface area contributed by atoms with Crippen molar-refractivity contribution in [1.82, 2.24) is 10.2 Å². The van der Waals surface area contributed by atoms with Gasteiger partial charge in [-0.3, -0.25) is 14.9 Å². The lowest BCUT2D eigenvalue weighted by atomic mass is 10.1. The summed E-state index contributed by atoms with van der Waals surface area (Å²) in [5.74, 6) is 0.396. The molecule has 3 aromatic rings. The molecule has 0 fully saturated rings. The molecule has 0 atom stereocenters. The SMILES string of the molecule is O=C(Cc1ccccc1[N+](=O)[O-])Nc1nnc(CCOc2ccccc2)s1. The van der Waals surface area contributed by atoms with Crippen LogP contribution in [0.15, 0.2) is 54.6 Å². The summed E-state index contributed by atoms with van der Waals surface area (Å²) in [4.78, 5) is 22.7. The molecule has 0 radical (unpaired) electrons. The molecule has 2 aromatic carbocycles. The molecular weight excluding hydrogens is 368 g/mol. The van der Waals surface area contributed by atoms with Crippen LogP contribution in [0, 0.1) is 10.1 Å². The highest BCUT2D eigenvalue weighted by atomic mass is 32.1. The van der Waals surface area contributed by atoms with Crippen molar-refractivity contribution in [1.29, 1.82) is 0 Å². The average Bonchev–Trinajstić information content (AvgIpc) is 3.10. The second-order valence-electron chi connectivity index (χ2n) is 5.52. The zero-order valence-corrected chi connectivity index (χ0v) is 15.0. The normalized spacial score (nSPS) is 10.4. The van der Waals surface area contributed by atoms with Crippen molar-refractivity contribution in [3.05, 3.63) is 75.3 Å². The largest absolute Gasteiger partial charge is 0.493 e. The van der Waals surface area contributed by atoms with E-state index in [0.717, 1.165) is 10.8 Å². The Morgan fingerprint density at radius 2 is 1.85 bits per heavy atom. The third-order valence-electron chi connectivity index (χ3n) is 3.58. The number of para-hydroxylation sites is 2. The van der Waals surface area contributed by atoms with Crippen LogP contribution in [-0.2, 0) is 17.6 Å². The number of benzene rings is 2. The minimum atomic E-state index is -0.502. The number of nitro groups is 1. The summed E-state index contributed by atoms with van der Waals surface area (Å²) >= 11 is 1.25. The second kappa shape index (κ2) is 8.86. The molecule has 1 N–H and O–H groups in total. The van der Waals surface area contributed by atoms with Gasteiger partial charge >= 0.3 is 0 Å². The Bertz CT molecular complexity index is 930. The number of ether oxygens (including phenoxy) is 1. The van der Waals surface area contributed by atoms with E-state index in [2.05, 4.69) is 15.5 Å². The van der Waals surface area contributed by atoms with E-state index in [9.17, 15) is 14.9 Å². The molecule has 0 aliphatic carbocycles. The first kappa shape index (κ1) is 18.5. The Hall–Kier alpha value is -3.33. The van der Waals surface area contributed by atoms with Gasteiger partial charge in [-0.05, 0) is 12.1 Å². The average molecular weight is 384 g/mol. The van der Waals surface area contributed by atoms with Gasteiger partial charge in [-0.25, -0.2) is 0 Å². The fourth-order valence-corrected chi connectivity index (χ4v) is 3.09. The van der Waals surface area contributed by atoms with Gasteiger partial charge in [0.15, 0.2) is 0 Å². The van der Waals surface area contributed by atoms with Gasteiger partial charge in [-0.2, -0.15) is 0 Å². The number of nitro benzene ring substituents is 1. The van der Waals surface area contributed by atoms with Gasteiger partial charge in [-0.15, -0.1) is 10.2 Å². The predicted octanol–water partition coefficient (Wildman–Crippen LogP) is 3.25. The molecule has 1 aromatic heterocycles. The number of amides is 1. The van der Waals surface area contributed by atoms with Crippen molar-refractivity contribution in [2.45, 2.75) is 12.8 Å². The predicted molar refractivity (Wildman–Crippen MR) is 101 cm³/mol. The first-order valence-corrected chi connectivity index (χ1v) is 8.96. The molecule has 9 heteroatoms. The van der Waals surface area contributed by atoms with Gasteiger partial charge < -0.3 is 10.1 Å². The Balaban J connectivity index is 1.51. The Morgan fingerprint density at radius 1 is 1.11 bits per heavy atom. The highest BCUT2D eigenvalue weighted by Crippen LogP contribution is 2.20. The molecule has 0 unspecified atom stereocenters. The number of nitrogens with one attached hydrogen (secondary N) is 1. The maximum absolute atomic E-state index is 12.1. The van der Waals surface area contributed by atoms with E-state index in [0.29, 0.717) is 23.7 Å². The highest BCUT2D eigenvalue weighted by Gasteiger charge is 2.16. The van der Waals surface area contributed by atoms with E-state index < -0.39 is 4.92 Å². The van der Waals surface area contributed by atoms with Gasteiger partial charge in [0.05, 0.1) is 18.0 Å². The number of carbonyl (C=O) groups excluding carboxylic acids is 1. The maximum atomic E-state index is 12.1. The van der Waals surface area contributed by atoms with Crippen molar-refractivity contribution in [2.75, 3.05) is 11.9 Å². The standard InChI is InChI=1S/C18H16N4O4S/c23-16(12-13-6-4-5-9-15(13)22(24)25)19-18-21-20-17(27-18)10-11-26-14-7-2-1-3-8-14/h1-9H,10-12H2,(H,19,21,23). The molecule has 0 aliphatic heterocycles. The van der Waals surface area contributed by atoms with Crippen LogP contribution >= 0.6 is 11.3 Å². The molecule has 1 heterocycles. The molecule has 0 bridgehead atoms. The number of anilines is 1. The first-order valence-electron chi connectivity index (χ1n) is 8.14. The van der Waals surface area contributed by atoms with Crippen LogP contribution in [0.2, 0.25) is 0 Å². The number of nitrogens with zero attached hydrogens (tertiary/aromatic N) is 3. The van der Waals surface area contributed by atoms with E-state index in [4.69, 9.17) is 4.74 Å². The van der Waals surface area contributed by atoms with Crippen LogP contribution in [-0.4, -0.2) is 27.6 Å². The highest BCUT2D eigenvalue weighted by molar-refractivity contribution is 7.15. The van der Waals surface area contributed by atoms with E-state index in [-0.39, 0.29) is 18.0 Å². The van der Waals surface area contributed by atoms with Gasteiger partial charge in [0.1, 0.15) is 10.8 Å². The second-order valence-corrected chi connectivity index (χ2v) is 6.59. The molecule has 3 rings (SSSR count). The van der Waals surface area contributed by atoms with Crippen molar-refractivity contribution in [3.63, 3.8) is 0 Å². The zero-order chi connectivity index (χ0) is 19.1. The van der Waals surface area contributed by atoms with Crippen molar-refractivity contribution in [3.8, 4) is 5.75 Å². The molecule has 138 valence electrons. The van der Waals surface area contributed by atoms with Crippen molar-refractivity contribution < 1.29 is 14.5 Å². The lowest BCUT2D eigenvalue weighted by Crippen LogP contribution is -2.15. The Labute approximate surface area is 159 Å². The summed E-state index contributed by atoms with van der Waals surface area (Å²) < 4.78 is 5.60. The van der Waals surface area contributed by atoms with Crippen molar-refractivity contribution in [2.24, 2.45) is 0 Å². The fraction of sp³-hybridized carbons (Fsp3) is 0.167. The van der Waals surface area contributed by atoms with E-state index >= 15 is 0 Å². The van der Waals surface area contributed by atoms with E-state index in [1.165, 1.54) is 17.4 Å². The van der Waals surface area contributed by atoms with Gasteiger partial charge in [0.2, 0.25) is 11.0 Å². The summed E-state index contributed by atoms with van der Waals surface area (Å²) in [5.41, 5.74) is 0.268. The fourth-order valence-electron chi connectivity index (χ4n) is 2.35. The molecule has 0 aliphatic rings. The van der Waals surface area contributed by atoms with Gasteiger partial charge in [0, 0.05) is 18.1 Å². The number of rotatable bonds is 8. The minimum Gasteiger partial charge on any atom is -0.493 e. The number of hydrogen-bond donors (Lipinski definition) is 1. The van der Waals surface area contributed by atoms with Gasteiger partial charge in [-0.1, -0.05) is 47.7 Å². The summed E-state index contributed by atoms with van der Waals surface area (Å²) in [6, 6.07) is 15.6. The quantitative estimate of drug-likeness (QED) is 0.472. The smallest absolute Gasteiger partial charge is 0.273 e. The van der Waals surface area contributed by atoms with Crippen LogP contribution in [0.25, 0.3) is 0 Å². The summed E-state index contributed by atoms with van der Waals surface area (Å²) in [5, 5.41) is 22.7. The lowest BCUT2D eigenvalue weighted by molar-refractivity contribution is -0.385. The number of carbonyl (C=O) groups is 1. The summed E-state index contributed by atoms with van der Waals surface area (Å²) in [6.07, 6.45) is 0.454. The third kappa shape index (κ3) is 5.32. The molecule has 27 heavy (non-hydrogen) atoms. The van der Waals surface area contributed by atoms with E-state index in [1.807, 2.05) is 30.3 Å². The van der Waals surface area contributed by atoms with Crippen LogP contribution in [0.5, 0.6) is 5.75 Å². The third-order valence-corrected chi connectivity index (χ3v) is 4.48. The van der Waals surface area contributed by atoms with Gasteiger partial charge in [0.25, 0.3) is 5.69 Å². The Kier molecular flexibility index (Phi) is 6.06. The topological polar surface area (TPSA) is 107 Å². The number of aromatic nitrogens is 2.